The molecule has 160 valence electrons. The van der Waals surface area contributed by atoms with Crippen LogP contribution in [0.5, 0.6) is 5.75 Å². The molecule has 2 aliphatic rings. The zero-order chi connectivity index (χ0) is 21.5. The number of hydrogen-bond acceptors (Lipinski definition) is 4. The van der Waals surface area contributed by atoms with Crippen LogP contribution in [0.25, 0.3) is 0 Å². The van der Waals surface area contributed by atoms with Crippen molar-refractivity contribution in [3.8, 4) is 5.75 Å². The Morgan fingerprint density at radius 1 is 1.17 bits per heavy atom. The number of hydrogen-bond donors (Lipinski definition) is 1. The van der Waals surface area contributed by atoms with Gasteiger partial charge < -0.3 is 14.7 Å². The van der Waals surface area contributed by atoms with E-state index in [1.54, 1.807) is 19.2 Å². The molecule has 0 radical (unpaired) electrons. The lowest BCUT2D eigenvalue weighted by Gasteiger charge is -2.59. The highest BCUT2D eigenvalue weighted by atomic mass is 19.4. The molecule has 0 unspecified atom stereocenters. The number of alkyl halides is 3. The van der Waals surface area contributed by atoms with Crippen molar-refractivity contribution >= 4 is 11.6 Å². The van der Waals surface area contributed by atoms with Gasteiger partial charge in [-0.1, -0.05) is 30.3 Å². The lowest BCUT2D eigenvalue weighted by molar-refractivity contribution is -0.152. The van der Waals surface area contributed by atoms with Crippen molar-refractivity contribution < 1.29 is 27.8 Å². The van der Waals surface area contributed by atoms with Crippen LogP contribution in [-0.2, 0) is 11.3 Å². The van der Waals surface area contributed by atoms with Crippen LogP contribution in [0, 0.1) is 0 Å². The van der Waals surface area contributed by atoms with E-state index in [1.165, 1.54) is 4.90 Å². The summed E-state index contributed by atoms with van der Waals surface area (Å²) >= 11 is 0. The highest BCUT2D eigenvalue weighted by Gasteiger charge is 2.53. The standard InChI is InChI=1S/C22H23F3N2O3/c1-30-15-8-6-14(7-9-15)11-26-18-12-27(20(29)10-22(23,24)25)17-5-3-2-4-16(17)21(18)19(26)13-28/h2-9,18-19,21,28H,10-13H2,1H3/t18-,19-,21+/m0/s1. The summed E-state index contributed by atoms with van der Waals surface area (Å²) in [5.41, 5.74) is 2.32. The zero-order valence-corrected chi connectivity index (χ0v) is 16.5. The molecule has 0 aromatic heterocycles. The second kappa shape index (κ2) is 7.92. The SMILES string of the molecule is COc1ccc(CN2[C@@H](CO)[C@@H]3c4ccccc4N(C(=O)CC(F)(F)F)C[C@@H]32)cc1. The number of benzene rings is 2. The molecule has 2 heterocycles. The molecule has 0 bridgehead atoms. The summed E-state index contributed by atoms with van der Waals surface area (Å²) < 4.78 is 43.8. The van der Waals surface area contributed by atoms with E-state index in [0.717, 1.165) is 16.9 Å². The first-order valence-corrected chi connectivity index (χ1v) is 9.78. The zero-order valence-electron chi connectivity index (χ0n) is 16.5. The van der Waals surface area contributed by atoms with Crippen LogP contribution in [0.4, 0.5) is 18.9 Å². The maximum Gasteiger partial charge on any atom is 0.397 e. The van der Waals surface area contributed by atoms with Gasteiger partial charge in [-0.15, -0.1) is 0 Å². The molecule has 1 saturated heterocycles. The van der Waals surface area contributed by atoms with Crippen molar-refractivity contribution in [1.82, 2.24) is 4.90 Å². The van der Waals surface area contributed by atoms with Crippen molar-refractivity contribution in [1.29, 1.82) is 0 Å². The molecule has 1 amide bonds. The lowest BCUT2D eigenvalue weighted by atomic mass is 9.71. The summed E-state index contributed by atoms with van der Waals surface area (Å²) in [5.74, 6) is -0.251. The molecular formula is C22H23F3N2O3. The molecule has 1 fully saturated rings. The molecule has 8 heteroatoms. The number of para-hydroxylation sites is 1. The molecule has 0 saturated carbocycles. The van der Waals surface area contributed by atoms with Gasteiger partial charge in [0.15, 0.2) is 0 Å². The topological polar surface area (TPSA) is 53.0 Å². The monoisotopic (exact) mass is 420 g/mol. The quantitative estimate of drug-likeness (QED) is 0.807. The number of methoxy groups -OCH3 is 1. The number of aliphatic hydroxyl groups is 1. The van der Waals surface area contributed by atoms with Crippen molar-refractivity contribution in [2.45, 2.75) is 37.1 Å². The smallest absolute Gasteiger partial charge is 0.397 e. The molecule has 1 N–H and O–H groups in total. The lowest BCUT2D eigenvalue weighted by Crippen LogP contribution is -2.68. The number of rotatable bonds is 5. The Balaban J connectivity index is 1.61. The van der Waals surface area contributed by atoms with Crippen LogP contribution < -0.4 is 9.64 Å². The van der Waals surface area contributed by atoms with Gasteiger partial charge in [0.05, 0.1) is 13.7 Å². The summed E-state index contributed by atoms with van der Waals surface area (Å²) in [4.78, 5) is 15.8. The number of ether oxygens (including phenoxy) is 1. The van der Waals surface area contributed by atoms with E-state index in [1.807, 2.05) is 36.4 Å². The maximum absolute atomic E-state index is 12.9. The largest absolute Gasteiger partial charge is 0.497 e. The Morgan fingerprint density at radius 2 is 1.87 bits per heavy atom. The minimum atomic E-state index is -4.56. The van der Waals surface area contributed by atoms with Gasteiger partial charge in [-0.3, -0.25) is 9.69 Å². The number of nitrogens with zero attached hydrogens (tertiary/aromatic N) is 2. The number of carbonyl (C=O) groups excluding carboxylic acids is 1. The molecule has 0 spiro atoms. The number of amides is 1. The number of anilines is 1. The van der Waals surface area contributed by atoms with Crippen LogP contribution in [-0.4, -0.2) is 54.4 Å². The third kappa shape index (κ3) is 3.77. The van der Waals surface area contributed by atoms with E-state index in [-0.39, 0.29) is 31.2 Å². The summed E-state index contributed by atoms with van der Waals surface area (Å²) in [6.45, 7) is 0.630. The first-order valence-electron chi connectivity index (χ1n) is 9.78. The van der Waals surface area contributed by atoms with Gasteiger partial charge in [0.1, 0.15) is 12.2 Å². The molecule has 0 aliphatic carbocycles. The van der Waals surface area contributed by atoms with E-state index in [2.05, 4.69) is 4.90 Å². The summed E-state index contributed by atoms with van der Waals surface area (Å²) in [5, 5.41) is 10.0. The highest BCUT2D eigenvalue weighted by molar-refractivity contribution is 5.95. The first kappa shape index (κ1) is 20.7. The van der Waals surface area contributed by atoms with E-state index in [0.29, 0.717) is 12.2 Å². The van der Waals surface area contributed by atoms with E-state index < -0.39 is 18.5 Å². The molecule has 2 aromatic rings. The Hall–Kier alpha value is -2.58. The summed E-state index contributed by atoms with van der Waals surface area (Å²) in [7, 11) is 1.59. The molecular weight excluding hydrogens is 397 g/mol. The molecule has 2 aliphatic heterocycles. The van der Waals surface area contributed by atoms with Crippen LogP contribution in [0.3, 0.4) is 0 Å². The van der Waals surface area contributed by atoms with Gasteiger partial charge in [-0.2, -0.15) is 13.2 Å². The third-order valence-electron chi connectivity index (χ3n) is 6.00. The maximum atomic E-state index is 12.9. The summed E-state index contributed by atoms with van der Waals surface area (Å²) in [6, 6.07) is 14.3. The van der Waals surface area contributed by atoms with Crippen molar-refractivity contribution in [3.63, 3.8) is 0 Å². The fraction of sp³-hybridized carbons (Fsp3) is 0.409. The normalized spacial score (nSPS) is 23.4. The molecule has 5 nitrogen and oxygen atoms in total. The molecule has 4 rings (SSSR count). The minimum absolute atomic E-state index is 0.0283. The Labute approximate surface area is 172 Å². The molecule has 2 aromatic carbocycles. The van der Waals surface area contributed by atoms with E-state index in [4.69, 9.17) is 4.74 Å². The predicted octanol–water partition coefficient (Wildman–Crippen LogP) is 3.32. The Kier molecular flexibility index (Phi) is 5.46. The van der Waals surface area contributed by atoms with Crippen LogP contribution in [0.15, 0.2) is 48.5 Å². The highest BCUT2D eigenvalue weighted by Crippen LogP contribution is 2.49. The van der Waals surface area contributed by atoms with Gasteiger partial charge in [-0.05, 0) is 29.3 Å². The number of likely N-dealkylation sites (tertiary alicyclic amines) is 1. The van der Waals surface area contributed by atoms with Crippen molar-refractivity contribution in [2.24, 2.45) is 0 Å². The van der Waals surface area contributed by atoms with Crippen LogP contribution >= 0.6 is 0 Å². The van der Waals surface area contributed by atoms with Gasteiger partial charge in [-0.25, -0.2) is 0 Å². The van der Waals surface area contributed by atoms with Crippen molar-refractivity contribution in [3.05, 3.63) is 59.7 Å². The van der Waals surface area contributed by atoms with E-state index >= 15 is 0 Å². The number of aliphatic hydroxyl groups excluding tert-OH is 1. The van der Waals surface area contributed by atoms with Gasteiger partial charge in [0.25, 0.3) is 0 Å². The predicted molar refractivity (Wildman–Crippen MR) is 105 cm³/mol. The van der Waals surface area contributed by atoms with Gasteiger partial charge in [0, 0.05) is 36.8 Å². The number of fused-ring (bicyclic) bond motifs is 3. The van der Waals surface area contributed by atoms with Crippen LogP contribution in [0.2, 0.25) is 0 Å². The van der Waals surface area contributed by atoms with E-state index in [9.17, 15) is 23.1 Å². The first-order chi connectivity index (χ1) is 14.3. The Bertz CT molecular complexity index is 917. The summed E-state index contributed by atoms with van der Waals surface area (Å²) in [6.07, 6.45) is -6.04. The van der Waals surface area contributed by atoms with Gasteiger partial charge >= 0.3 is 6.18 Å². The molecule has 3 atom stereocenters. The fourth-order valence-electron chi connectivity index (χ4n) is 4.64. The second-order valence-corrected chi connectivity index (χ2v) is 7.72. The fourth-order valence-corrected chi connectivity index (χ4v) is 4.64. The van der Waals surface area contributed by atoms with Gasteiger partial charge in [0.2, 0.25) is 5.91 Å². The third-order valence-corrected chi connectivity index (χ3v) is 6.00. The number of halogens is 3. The average Bonchev–Trinajstić information content (AvgIpc) is 2.71. The van der Waals surface area contributed by atoms with Crippen LogP contribution in [0.1, 0.15) is 23.5 Å². The van der Waals surface area contributed by atoms with Crippen molar-refractivity contribution in [2.75, 3.05) is 25.2 Å². The second-order valence-electron chi connectivity index (χ2n) is 7.72. The molecule has 30 heavy (non-hydrogen) atoms. The average molecular weight is 420 g/mol. The Morgan fingerprint density at radius 3 is 2.50 bits per heavy atom. The number of carbonyl (C=O) groups is 1. The minimum Gasteiger partial charge on any atom is -0.497 e.